The molecule has 1 rings (SSSR count). The third-order valence-corrected chi connectivity index (χ3v) is 3.18. The molecule has 0 aromatic rings. The molecule has 0 aromatic carbocycles. The van der Waals surface area contributed by atoms with Gasteiger partial charge in [0.2, 0.25) is 0 Å². The van der Waals surface area contributed by atoms with Gasteiger partial charge in [-0.2, -0.15) is 0 Å². The number of likely N-dealkylation sites (tertiary alicyclic amines) is 1. The average Bonchev–Trinajstić information content (AvgIpc) is 2.48. The lowest BCUT2D eigenvalue weighted by Crippen LogP contribution is -2.57. The van der Waals surface area contributed by atoms with Crippen molar-refractivity contribution in [1.29, 1.82) is 0 Å². The van der Waals surface area contributed by atoms with Crippen LogP contribution in [0.4, 0.5) is 0 Å². The van der Waals surface area contributed by atoms with Crippen LogP contribution in [0.5, 0.6) is 0 Å². The van der Waals surface area contributed by atoms with E-state index in [1.807, 2.05) is 14.1 Å². The van der Waals surface area contributed by atoms with Gasteiger partial charge in [0.25, 0.3) is 0 Å². The smallest absolute Gasteiger partial charge is 0.0825 e. The van der Waals surface area contributed by atoms with Gasteiger partial charge in [-0.15, -0.1) is 0 Å². The predicted octanol–water partition coefficient (Wildman–Crippen LogP) is 0.626. The summed E-state index contributed by atoms with van der Waals surface area (Å²) in [5.74, 6) is 0. The van der Waals surface area contributed by atoms with Crippen molar-refractivity contribution in [2.75, 3.05) is 27.2 Å². The lowest BCUT2D eigenvalue weighted by atomic mass is 10.1. The SMILES string of the molecule is CNC1(NC)CCN(C(C)(C)C)C1. The van der Waals surface area contributed by atoms with E-state index in [0.29, 0.717) is 0 Å². The number of rotatable bonds is 2. The van der Waals surface area contributed by atoms with Crippen molar-refractivity contribution in [3.8, 4) is 0 Å². The van der Waals surface area contributed by atoms with Crippen LogP contribution in [0.3, 0.4) is 0 Å². The van der Waals surface area contributed by atoms with Crippen LogP contribution >= 0.6 is 0 Å². The Bertz CT molecular complexity index is 167. The third-order valence-electron chi connectivity index (χ3n) is 3.18. The third kappa shape index (κ3) is 2.22. The maximum absolute atomic E-state index is 3.38. The molecule has 1 aliphatic heterocycles. The van der Waals surface area contributed by atoms with Crippen molar-refractivity contribution < 1.29 is 0 Å². The van der Waals surface area contributed by atoms with Gasteiger partial charge in [-0.25, -0.2) is 0 Å². The van der Waals surface area contributed by atoms with Crippen LogP contribution in [0.1, 0.15) is 27.2 Å². The molecule has 1 aliphatic rings. The van der Waals surface area contributed by atoms with Crippen LogP contribution in [-0.2, 0) is 0 Å². The highest BCUT2D eigenvalue weighted by molar-refractivity contribution is 4.96. The van der Waals surface area contributed by atoms with Crippen molar-refractivity contribution in [2.24, 2.45) is 0 Å². The molecular formula is C10H23N3. The van der Waals surface area contributed by atoms with E-state index < -0.39 is 0 Å². The number of hydrogen-bond acceptors (Lipinski definition) is 3. The molecule has 1 saturated heterocycles. The molecule has 13 heavy (non-hydrogen) atoms. The van der Waals surface area contributed by atoms with Crippen LogP contribution in [0.15, 0.2) is 0 Å². The lowest BCUT2D eigenvalue weighted by molar-refractivity contribution is 0.153. The fraction of sp³-hybridized carbons (Fsp3) is 1.00. The minimum absolute atomic E-state index is 0.132. The normalized spacial score (nSPS) is 23.8. The zero-order valence-electron chi connectivity index (χ0n) is 9.57. The predicted molar refractivity (Wildman–Crippen MR) is 56.8 cm³/mol. The molecular weight excluding hydrogens is 162 g/mol. The van der Waals surface area contributed by atoms with Gasteiger partial charge >= 0.3 is 0 Å². The first kappa shape index (κ1) is 11.0. The fourth-order valence-electron chi connectivity index (χ4n) is 1.92. The molecule has 1 fully saturated rings. The molecule has 2 N–H and O–H groups in total. The summed E-state index contributed by atoms with van der Waals surface area (Å²) in [4.78, 5) is 2.51. The highest BCUT2D eigenvalue weighted by Crippen LogP contribution is 2.25. The summed E-state index contributed by atoms with van der Waals surface area (Å²) in [6.07, 6.45) is 1.18. The van der Waals surface area contributed by atoms with E-state index >= 15 is 0 Å². The monoisotopic (exact) mass is 185 g/mol. The van der Waals surface area contributed by atoms with Crippen LogP contribution in [0.2, 0.25) is 0 Å². The van der Waals surface area contributed by atoms with Gasteiger partial charge in [0.05, 0.1) is 5.66 Å². The average molecular weight is 185 g/mol. The number of nitrogens with zero attached hydrogens (tertiary/aromatic N) is 1. The van der Waals surface area contributed by atoms with Crippen molar-refractivity contribution in [2.45, 2.75) is 38.4 Å². The van der Waals surface area contributed by atoms with E-state index in [1.54, 1.807) is 0 Å². The molecule has 0 bridgehead atoms. The molecule has 0 atom stereocenters. The van der Waals surface area contributed by atoms with Gasteiger partial charge in [0, 0.05) is 18.6 Å². The van der Waals surface area contributed by atoms with Crippen LogP contribution < -0.4 is 10.6 Å². The summed E-state index contributed by atoms with van der Waals surface area (Å²) in [6.45, 7) is 9.08. The Hall–Kier alpha value is -0.120. The number of nitrogens with one attached hydrogen (secondary N) is 2. The van der Waals surface area contributed by atoms with Gasteiger partial charge in [0.1, 0.15) is 0 Å². The molecule has 0 amide bonds. The van der Waals surface area contributed by atoms with E-state index in [9.17, 15) is 0 Å². The van der Waals surface area contributed by atoms with Gasteiger partial charge in [-0.1, -0.05) is 0 Å². The number of hydrogen-bond donors (Lipinski definition) is 2. The Kier molecular flexibility index (Phi) is 3.00. The molecule has 0 saturated carbocycles. The second kappa shape index (κ2) is 3.56. The van der Waals surface area contributed by atoms with Crippen molar-refractivity contribution in [3.05, 3.63) is 0 Å². The van der Waals surface area contributed by atoms with Crippen LogP contribution in [-0.4, -0.2) is 43.3 Å². The molecule has 0 unspecified atom stereocenters. The summed E-state index contributed by atoms with van der Waals surface area (Å²) in [5, 5.41) is 6.75. The highest BCUT2D eigenvalue weighted by Gasteiger charge is 2.39. The molecule has 0 radical (unpaired) electrons. The van der Waals surface area contributed by atoms with Crippen molar-refractivity contribution >= 4 is 0 Å². The number of likely N-dealkylation sites (N-methyl/N-ethyl adjacent to an activating group) is 2. The first-order chi connectivity index (χ1) is 5.93. The topological polar surface area (TPSA) is 27.3 Å². The minimum atomic E-state index is 0.132. The Morgan fingerprint density at radius 2 is 1.69 bits per heavy atom. The van der Waals surface area contributed by atoms with Crippen molar-refractivity contribution in [1.82, 2.24) is 15.5 Å². The van der Waals surface area contributed by atoms with Crippen LogP contribution in [0, 0.1) is 0 Å². The maximum atomic E-state index is 3.38. The molecule has 0 spiro atoms. The quantitative estimate of drug-likeness (QED) is 0.618. The second-order valence-electron chi connectivity index (χ2n) is 4.92. The molecule has 0 aromatic heterocycles. The Morgan fingerprint density at radius 1 is 1.15 bits per heavy atom. The first-order valence-electron chi connectivity index (χ1n) is 5.06. The summed E-state index contributed by atoms with van der Waals surface area (Å²) in [7, 11) is 4.06. The van der Waals surface area contributed by atoms with Crippen LogP contribution in [0.25, 0.3) is 0 Å². The summed E-state index contributed by atoms with van der Waals surface area (Å²) >= 11 is 0. The summed E-state index contributed by atoms with van der Waals surface area (Å²) in [6, 6.07) is 0. The van der Waals surface area contributed by atoms with Gasteiger partial charge in [-0.05, 0) is 41.3 Å². The van der Waals surface area contributed by atoms with Crippen molar-refractivity contribution in [3.63, 3.8) is 0 Å². The fourth-order valence-corrected chi connectivity index (χ4v) is 1.92. The summed E-state index contributed by atoms with van der Waals surface area (Å²) in [5.41, 5.74) is 0.419. The van der Waals surface area contributed by atoms with Gasteiger partial charge in [0.15, 0.2) is 0 Å². The zero-order valence-corrected chi connectivity index (χ0v) is 9.57. The highest BCUT2D eigenvalue weighted by atomic mass is 15.3. The molecule has 1 heterocycles. The zero-order chi connectivity index (χ0) is 10.1. The van der Waals surface area contributed by atoms with E-state index in [-0.39, 0.29) is 11.2 Å². The van der Waals surface area contributed by atoms with E-state index in [2.05, 4.69) is 36.3 Å². The molecule has 78 valence electrons. The Morgan fingerprint density at radius 3 is 1.92 bits per heavy atom. The van der Waals surface area contributed by atoms with E-state index in [0.717, 1.165) is 6.54 Å². The Labute approximate surface area is 81.9 Å². The lowest BCUT2D eigenvalue weighted by Gasteiger charge is -2.34. The Balaban J connectivity index is 2.62. The molecule has 0 aliphatic carbocycles. The second-order valence-corrected chi connectivity index (χ2v) is 4.92. The van der Waals surface area contributed by atoms with Gasteiger partial charge < -0.3 is 10.6 Å². The largest absolute Gasteiger partial charge is 0.301 e. The van der Waals surface area contributed by atoms with E-state index in [4.69, 9.17) is 0 Å². The maximum Gasteiger partial charge on any atom is 0.0825 e. The first-order valence-corrected chi connectivity index (χ1v) is 5.06. The molecule has 3 nitrogen and oxygen atoms in total. The molecule has 3 heteroatoms. The van der Waals surface area contributed by atoms with E-state index in [1.165, 1.54) is 13.0 Å². The van der Waals surface area contributed by atoms with Gasteiger partial charge in [-0.3, -0.25) is 4.90 Å². The minimum Gasteiger partial charge on any atom is -0.301 e. The standard InChI is InChI=1S/C10H23N3/c1-9(2,3)13-7-6-10(8-13,11-4)12-5/h11-12H,6-8H2,1-5H3. The summed E-state index contributed by atoms with van der Waals surface area (Å²) < 4.78 is 0.